The van der Waals surface area contributed by atoms with Gasteiger partial charge in [0.15, 0.2) is 0 Å². The molecule has 2 aromatic rings. The maximum Gasteiger partial charge on any atom is 0.127 e. The standard InChI is InChI=1S/C19H19FS/c20-18-8-4-3-7-17(18)19-16-10-9-13-5-1-2-6-14(13)15(16)11-12-21-19/h1-8,15-16,19H,9-12H2/t15-,16+,19-/m0/s1. The molecule has 1 aliphatic heterocycles. The van der Waals surface area contributed by atoms with Gasteiger partial charge >= 0.3 is 0 Å². The zero-order chi connectivity index (χ0) is 14.2. The second kappa shape index (κ2) is 5.49. The maximum atomic E-state index is 14.2. The molecule has 1 aliphatic carbocycles. The Morgan fingerprint density at radius 1 is 0.905 bits per heavy atom. The van der Waals surface area contributed by atoms with E-state index in [2.05, 4.69) is 24.3 Å². The summed E-state index contributed by atoms with van der Waals surface area (Å²) in [7, 11) is 0. The highest BCUT2D eigenvalue weighted by Gasteiger charge is 2.39. The van der Waals surface area contributed by atoms with E-state index in [-0.39, 0.29) is 5.82 Å². The summed E-state index contributed by atoms with van der Waals surface area (Å²) in [6, 6.07) is 16.2. The van der Waals surface area contributed by atoms with Gasteiger partial charge in [0, 0.05) is 10.8 Å². The zero-order valence-corrected chi connectivity index (χ0v) is 12.8. The number of hydrogen-bond donors (Lipinski definition) is 0. The number of thioether (sulfide) groups is 1. The minimum absolute atomic E-state index is 0.0329. The van der Waals surface area contributed by atoms with Crippen LogP contribution in [0.5, 0.6) is 0 Å². The molecule has 2 aromatic carbocycles. The van der Waals surface area contributed by atoms with Crippen molar-refractivity contribution < 1.29 is 4.39 Å². The lowest BCUT2D eigenvalue weighted by molar-refractivity contribution is 0.342. The first-order chi connectivity index (χ1) is 10.3. The summed E-state index contributed by atoms with van der Waals surface area (Å²) in [5.41, 5.74) is 3.95. The fourth-order valence-electron chi connectivity index (χ4n) is 4.08. The van der Waals surface area contributed by atoms with Crippen molar-refractivity contribution >= 4 is 11.8 Å². The van der Waals surface area contributed by atoms with Crippen molar-refractivity contribution in [2.75, 3.05) is 5.75 Å². The van der Waals surface area contributed by atoms with Crippen molar-refractivity contribution in [1.82, 2.24) is 0 Å². The molecule has 0 aromatic heterocycles. The smallest absolute Gasteiger partial charge is 0.127 e. The molecule has 2 heteroatoms. The highest BCUT2D eigenvalue weighted by Crippen LogP contribution is 2.54. The summed E-state index contributed by atoms with van der Waals surface area (Å²) >= 11 is 1.95. The van der Waals surface area contributed by atoms with Gasteiger partial charge in [-0.3, -0.25) is 0 Å². The summed E-state index contributed by atoms with van der Waals surface area (Å²) in [6.07, 6.45) is 3.56. The average molecular weight is 298 g/mol. The predicted molar refractivity (Wildman–Crippen MR) is 87.2 cm³/mol. The number of benzene rings is 2. The van der Waals surface area contributed by atoms with Crippen LogP contribution >= 0.6 is 11.8 Å². The summed E-state index contributed by atoms with van der Waals surface area (Å²) in [5, 5.41) is 0.318. The van der Waals surface area contributed by atoms with E-state index in [4.69, 9.17) is 0 Å². The molecule has 4 rings (SSSR count). The van der Waals surface area contributed by atoms with Crippen molar-refractivity contribution in [1.29, 1.82) is 0 Å². The number of hydrogen-bond acceptors (Lipinski definition) is 1. The topological polar surface area (TPSA) is 0 Å². The number of rotatable bonds is 1. The van der Waals surface area contributed by atoms with Crippen LogP contribution in [0.3, 0.4) is 0 Å². The normalized spacial score (nSPS) is 27.8. The van der Waals surface area contributed by atoms with Gasteiger partial charge in [-0.05, 0) is 54.0 Å². The van der Waals surface area contributed by atoms with Crippen LogP contribution in [0.1, 0.15) is 40.7 Å². The molecule has 0 unspecified atom stereocenters. The minimum Gasteiger partial charge on any atom is -0.207 e. The van der Waals surface area contributed by atoms with E-state index in [1.165, 1.54) is 24.0 Å². The number of aryl methyl sites for hydroxylation is 1. The lowest BCUT2D eigenvalue weighted by Crippen LogP contribution is -2.29. The van der Waals surface area contributed by atoms with E-state index < -0.39 is 0 Å². The summed E-state index contributed by atoms with van der Waals surface area (Å²) in [4.78, 5) is 0. The van der Waals surface area contributed by atoms with Gasteiger partial charge in [0.25, 0.3) is 0 Å². The summed E-state index contributed by atoms with van der Waals surface area (Å²) in [5.74, 6) is 2.29. The van der Waals surface area contributed by atoms with E-state index in [0.717, 1.165) is 17.7 Å². The Bertz CT molecular complexity index is 652. The quantitative estimate of drug-likeness (QED) is 0.684. The van der Waals surface area contributed by atoms with Crippen molar-refractivity contribution in [3.05, 3.63) is 71.0 Å². The third kappa shape index (κ3) is 2.30. The molecule has 0 N–H and O–H groups in total. The minimum atomic E-state index is -0.0329. The zero-order valence-electron chi connectivity index (χ0n) is 12.0. The molecule has 0 radical (unpaired) electrons. The predicted octanol–water partition coefficient (Wildman–Crippen LogP) is 5.35. The second-order valence-electron chi connectivity index (χ2n) is 6.11. The van der Waals surface area contributed by atoms with E-state index in [1.54, 1.807) is 12.1 Å². The second-order valence-corrected chi connectivity index (χ2v) is 7.36. The van der Waals surface area contributed by atoms with Gasteiger partial charge in [-0.25, -0.2) is 4.39 Å². The Morgan fingerprint density at radius 3 is 2.52 bits per heavy atom. The molecule has 0 nitrogen and oxygen atoms in total. The van der Waals surface area contributed by atoms with Crippen LogP contribution in [0, 0.1) is 11.7 Å². The van der Waals surface area contributed by atoms with Crippen LogP contribution in [-0.4, -0.2) is 5.75 Å². The largest absolute Gasteiger partial charge is 0.207 e. The Kier molecular flexibility index (Phi) is 3.50. The van der Waals surface area contributed by atoms with Gasteiger partial charge < -0.3 is 0 Å². The Labute approximate surface area is 129 Å². The summed E-state index contributed by atoms with van der Waals surface area (Å²) < 4.78 is 14.2. The molecule has 2 aliphatic rings. The van der Waals surface area contributed by atoms with Crippen LogP contribution in [0.4, 0.5) is 4.39 Å². The van der Waals surface area contributed by atoms with Gasteiger partial charge in [0.1, 0.15) is 5.82 Å². The highest BCUT2D eigenvalue weighted by molar-refractivity contribution is 7.99. The summed E-state index contributed by atoms with van der Waals surface area (Å²) in [6.45, 7) is 0. The first-order valence-corrected chi connectivity index (χ1v) is 8.83. The fourth-order valence-corrected chi connectivity index (χ4v) is 5.67. The lowest BCUT2D eigenvalue weighted by atomic mass is 9.71. The molecule has 1 fully saturated rings. The van der Waals surface area contributed by atoms with Crippen molar-refractivity contribution in [2.45, 2.75) is 30.4 Å². The SMILES string of the molecule is Fc1ccccc1[C@H]1SCC[C@H]2c3ccccc3CC[C@@H]12. The molecule has 3 atom stereocenters. The van der Waals surface area contributed by atoms with Crippen LogP contribution in [-0.2, 0) is 6.42 Å². The van der Waals surface area contributed by atoms with Crippen LogP contribution in [0.25, 0.3) is 0 Å². The third-order valence-electron chi connectivity index (χ3n) is 5.05. The molecule has 21 heavy (non-hydrogen) atoms. The van der Waals surface area contributed by atoms with Gasteiger partial charge in [-0.2, -0.15) is 11.8 Å². The van der Waals surface area contributed by atoms with E-state index >= 15 is 0 Å². The molecule has 0 spiro atoms. The lowest BCUT2D eigenvalue weighted by Gasteiger charge is -2.42. The third-order valence-corrected chi connectivity index (χ3v) is 6.48. The molecule has 1 heterocycles. The van der Waals surface area contributed by atoms with Crippen LogP contribution in [0.15, 0.2) is 48.5 Å². The molecule has 0 amide bonds. The molecule has 108 valence electrons. The van der Waals surface area contributed by atoms with Crippen LogP contribution < -0.4 is 0 Å². The van der Waals surface area contributed by atoms with Crippen molar-refractivity contribution in [3.8, 4) is 0 Å². The highest BCUT2D eigenvalue weighted by atomic mass is 32.2. The van der Waals surface area contributed by atoms with Gasteiger partial charge in [-0.15, -0.1) is 0 Å². The Morgan fingerprint density at radius 2 is 1.67 bits per heavy atom. The monoisotopic (exact) mass is 298 g/mol. The van der Waals surface area contributed by atoms with E-state index in [9.17, 15) is 4.39 Å². The molecule has 0 bridgehead atoms. The van der Waals surface area contributed by atoms with Gasteiger partial charge in [-0.1, -0.05) is 42.5 Å². The average Bonchev–Trinajstić information content (AvgIpc) is 2.55. The fraction of sp³-hybridized carbons (Fsp3) is 0.368. The molecule has 1 saturated heterocycles. The van der Waals surface area contributed by atoms with Gasteiger partial charge in [0.2, 0.25) is 0 Å². The maximum absolute atomic E-state index is 14.2. The molecular weight excluding hydrogens is 279 g/mol. The van der Waals surface area contributed by atoms with E-state index in [1.807, 2.05) is 23.9 Å². The van der Waals surface area contributed by atoms with E-state index in [0.29, 0.717) is 17.1 Å². The van der Waals surface area contributed by atoms with Crippen molar-refractivity contribution in [3.63, 3.8) is 0 Å². The molecular formula is C19H19FS. The van der Waals surface area contributed by atoms with Crippen molar-refractivity contribution in [2.24, 2.45) is 5.92 Å². The first kappa shape index (κ1) is 13.4. The van der Waals surface area contributed by atoms with Gasteiger partial charge in [0.05, 0.1) is 0 Å². The Balaban J connectivity index is 1.72. The number of fused-ring (bicyclic) bond motifs is 3. The first-order valence-electron chi connectivity index (χ1n) is 7.78. The molecule has 0 saturated carbocycles. The Hall–Kier alpha value is -1.28. The number of halogens is 1. The van der Waals surface area contributed by atoms with Crippen LogP contribution in [0.2, 0.25) is 0 Å².